The fourth-order valence-corrected chi connectivity index (χ4v) is 1.59. The van der Waals surface area contributed by atoms with Crippen LogP contribution in [-0.2, 0) is 6.61 Å². The van der Waals surface area contributed by atoms with Crippen LogP contribution in [0.15, 0.2) is 41.3 Å². The average molecular weight is 228 g/mol. The van der Waals surface area contributed by atoms with E-state index in [0.717, 1.165) is 22.8 Å². The highest BCUT2D eigenvalue weighted by atomic mass is 16.5. The van der Waals surface area contributed by atoms with Gasteiger partial charge in [0.05, 0.1) is 0 Å². The number of furan rings is 1. The standard InChI is InChI=1S/C15H16O2/c1-4-13-7-8-14(17-13)10-16-15-9-11(2)5-6-12(15)3/h4-9H,1,10H2,2-3H3. The molecule has 1 aromatic carbocycles. The average Bonchev–Trinajstić information content (AvgIpc) is 2.78. The SMILES string of the molecule is C=Cc1ccc(COc2cc(C)ccc2C)o1. The van der Waals surface area contributed by atoms with E-state index in [-0.39, 0.29) is 0 Å². The second-order valence-electron chi connectivity index (χ2n) is 4.07. The Morgan fingerprint density at radius 3 is 2.76 bits per heavy atom. The van der Waals surface area contributed by atoms with E-state index in [1.165, 1.54) is 5.56 Å². The van der Waals surface area contributed by atoms with Crippen molar-refractivity contribution in [3.63, 3.8) is 0 Å². The molecule has 2 rings (SSSR count). The molecule has 0 atom stereocenters. The maximum atomic E-state index is 5.73. The highest BCUT2D eigenvalue weighted by Crippen LogP contribution is 2.21. The molecule has 0 bridgehead atoms. The molecule has 0 aliphatic rings. The second-order valence-corrected chi connectivity index (χ2v) is 4.07. The minimum atomic E-state index is 0.443. The molecular weight excluding hydrogens is 212 g/mol. The van der Waals surface area contributed by atoms with Gasteiger partial charge in [0.1, 0.15) is 23.9 Å². The molecule has 0 aliphatic carbocycles. The predicted octanol–water partition coefficient (Wildman–Crippen LogP) is 4.12. The van der Waals surface area contributed by atoms with Gasteiger partial charge in [-0.15, -0.1) is 0 Å². The van der Waals surface area contributed by atoms with E-state index in [1.54, 1.807) is 6.08 Å². The van der Waals surface area contributed by atoms with Gasteiger partial charge < -0.3 is 9.15 Å². The van der Waals surface area contributed by atoms with Crippen LogP contribution in [0, 0.1) is 13.8 Å². The van der Waals surface area contributed by atoms with E-state index in [4.69, 9.17) is 9.15 Å². The summed E-state index contributed by atoms with van der Waals surface area (Å²) in [7, 11) is 0. The smallest absolute Gasteiger partial charge is 0.146 e. The van der Waals surface area contributed by atoms with Gasteiger partial charge in [0, 0.05) is 0 Å². The quantitative estimate of drug-likeness (QED) is 0.785. The number of rotatable bonds is 4. The van der Waals surface area contributed by atoms with Crippen LogP contribution in [0.2, 0.25) is 0 Å². The van der Waals surface area contributed by atoms with Crippen molar-refractivity contribution in [2.75, 3.05) is 0 Å². The van der Waals surface area contributed by atoms with E-state index in [9.17, 15) is 0 Å². The van der Waals surface area contributed by atoms with Crippen molar-refractivity contribution in [2.24, 2.45) is 0 Å². The normalized spacial score (nSPS) is 10.2. The van der Waals surface area contributed by atoms with Crippen LogP contribution in [0.4, 0.5) is 0 Å². The minimum absolute atomic E-state index is 0.443. The Kier molecular flexibility index (Phi) is 3.33. The lowest BCUT2D eigenvalue weighted by atomic mass is 10.1. The van der Waals surface area contributed by atoms with Gasteiger partial charge in [-0.3, -0.25) is 0 Å². The topological polar surface area (TPSA) is 22.4 Å². The second kappa shape index (κ2) is 4.91. The molecule has 2 aromatic rings. The zero-order valence-corrected chi connectivity index (χ0v) is 10.2. The van der Waals surface area contributed by atoms with Crippen LogP contribution < -0.4 is 4.74 Å². The molecule has 88 valence electrons. The molecule has 0 radical (unpaired) electrons. The molecule has 0 saturated carbocycles. The van der Waals surface area contributed by atoms with Gasteiger partial charge in [-0.25, -0.2) is 0 Å². The summed E-state index contributed by atoms with van der Waals surface area (Å²) >= 11 is 0. The molecule has 17 heavy (non-hydrogen) atoms. The lowest BCUT2D eigenvalue weighted by Crippen LogP contribution is -1.96. The summed E-state index contributed by atoms with van der Waals surface area (Å²) in [5.74, 6) is 2.48. The summed E-state index contributed by atoms with van der Waals surface area (Å²) in [4.78, 5) is 0. The molecule has 0 saturated heterocycles. The monoisotopic (exact) mass is 228 g/mol. The van der Waals surface area contributed by atoms with Crippen LogP contribution in [0.25, 0.3) is 6.08 Å². The lowest BCUT2D eigenvalue weighted by molar-refractivity contribution is 0.268. The van der Waals surface area contributed by atoms with Crippen LogP contribution in [-0.4, -0.2) is 0 Å². The van der Waals surface area contributed by atoms with Crippen molar-refractivity contribution >= 4 is 6.08 Å². The van der Waals surface area contributed by atoms with E-state index in [0.29, 0.717) is 6.61 Å². The maximum absolute atomic E-state index is 5.73. The molecule has 0 spiro atoms. The molecule has 0 amide bonds. The van der Waals surface area contributed by atoms with Gasteiger partial charge in [0.25, 0.3) is 0 Å². The number of hydrogen-bond donors (Lipinski definition) is 0. The van der Waals surface area contributed by atoms with Gasteiger partial charge in [0.15, 0.2) is 0 Å². The first-order valence-electron chi connectivity index (χ1n) is 5.60. The first-order valence-corrected chi connectivity index (χ1v) is 5.60. The number of aryl methyl sites for hydroxylation is 2. The van der Waals surface area contributed by atoms with Crippen LogP contribution in [0.1, 0.15) is 22.6 Å². The molecular formula is C15H16O2. The zero-order valence-electron chi connectivity index (χ0n) is 10.2. The number of ether oxygens (including phenoxy) is 1. The summed E-state index contributed by atoms with van der Waals surface area (Å²) < 4.78 is 11.2. The Balaban J connectivity index is 2.06. The van der Waals surface area contributed by atoms with Crippen molar-refractivity contribution in [1.82, 2.24) is 0 Å². The first kappa shape index (κ1) is 11.5. The predicted molar refractivity (Wildman–Crippen MR) is 69.0 cm³/mol. The van der Waals surface area contributed by atoms with Crippen LogP contribution >= 0.6 is 0 Å². The van der Waals surface area contributed by atoms with Crippen LogP contribution in [0.3, 0.4) is 0 Å². The van der Waals surface area contributed by atoms with Gasteiger partial charge in [-0.2, -0.15) is 0 Å². The van der Waals surface area contributed by atoms with Gasteiger partial charge in [-0.1, -0.05) is 18.7 Å². The van der Waals surface area contributed by atoms with Gasteiger partial charge in [-0.05, 0) is 49.2 Å². The van der Waals surface area contributed by atoms with Crippen molar-refractivity contribution in [2.45, 2.75) is 20.5 Å². The highest BCUT2D eigenvalue weighted by Gasteiger charge is 2.03. The fourth-order valence-electron chi connectivity index (χ4n) is 1.59. The summed E-state index contributed by atoms with van der Waals surface area (Å²) in [5.41, 5.74) is 2.32. The molecule has 0 aliphatic heterocycles. The van der Waals surface area contributed by atoms with E-state index in [1.807, 2.05) is 25.1 Å². The molecule has 1 aromatic heterocycles. The minimum Gasteiger partial charge on any atom is -0.485 e. The third kappa shape index (κ3) is 2.78. The summed E-state index contributed by atoms with van der Waals surface area (Å²) in [5, 5.41) is 0. The van der Waals surface area contributed by atoms with Crippen LogP contribution in [0.5, 0.6) is 5.75 Å². The Morgan fingerprint density at radius 1 is 1.24 bits per heavy atom. The van der Waals surface area contributed by atoms with Crippen molar-refractivity contribution in [3.8, 4) is 5.75 Å². The Morgan fingerprint density at radius 2 is 2.06 bits per heavy atom. The number of benzene rings is 1. The summed E-state index contributed by atoms with van der Waals surface area (Å²) in [6.45, 7) is 8.18. The van der Waals surface area contributed by atoms with E-state index < -0.39 is 0 Å². The third-order valence-corrected chi connectivity index (χ3v) is 2.60. The van der Waals surface area contributed by atoms with Crippen molar-refractivity contribution in [3.05, 3.63) is 59.6 Å². The summed E-state index contributed by atoms with van der Waals surface area (Å²) in [6.07, 6.45) is 1.68. The van der Waals surface area contributed by atoms with Gasteiger partial charge >= 0.3 is 0 Å². The first-order chi connectivity index (χ1) is 8.19. The number of hydrogen-bond acceptors (Lipinski definition) is 2. The molecule has 0 unspecified atom stereocenters. The molecule has 0 N–H and O–H groups in total. The van der Waals surface area contributed by atoms with Crippen molar-refractivity contribution < 1.29 is 9.15 Å². The highest BCUT2D eigenvalue weighted by molar-refractivity contribution is 5.39. The largest absolute Gasteiger partial charge is 0.485 e. The van der Waals surface area contributed by atoms with Crippen molar-refractivity contribution in [1.29, 1.82) is 0 Å². The molecule has 1 heterocycles. The van der Waals surface area contributed by atoms with Gasteiger partial charge in [0.2, 0.25) is 0 Å². The summed E-state index contributed by atoms with van der Waals surface area (Å²) in [6, 6.07) is 9.95. The Bertz CT molecular complexity index is 523. The zero-order chi connectivity index (χ0) is 12.3. The molecule has 0 fully saturated rings. The Hall–Kier alpha value is -1.96. The maximum Gasteiger partial charge on any atom is 0.146 e. The molecule has 2 heteroatoms. The Labute approximate surface area is 102 Å². The third-order valence-electron chi connectivity index (χ3n) is 2.60. The molecule has 2 nitrogen and oxygen atoms in total. The van der Waals surface area contributed by atoms with E-state index >= 15 is 0 Å². The fraction of sp³-hybridized carbons (Fsp3) is 0.200. The van der Waals surface area contributed by atoms with E-state index in [2.05, 4.69) is 25.6 Å². The lowest BCUT2D eigenvalue weighted by Gasteiger charge is -2.08.